The van der Waals surface area contributed by atoms with Gasteiger partial charge in [0.2, 0.25) is 0 Å². The largest absolute Gasteiger partial charge is 0.368 e. The van der Waals surface area contributed by atoms with Crippen LogP contribution in [-0.2, 0) is 0 Å². The highest BCUT2D eigenvalue weighted by Gasteiger charge is 2.19. The first-order valence-corrected chi connectivity index (χ1v) is 7.57. The van der Waals surface area contributed by atoms with Crippen molar-refractivity contribution in [3.05, 3.63) is 30.1 Å². The second-order valence-electron chi connectivity index (χ2n) is 5.21. The van der Waals surface area contributed by atoms with E-state index in [0.717, 1.165) is 43.4 Å². The molecule has 1 aromatic rings. The zero-order valence-corrected chi connectivity index (χ0v) is 12.9. The molecule has 1 aliphatic heterocycles. The Bertz CT molecular complexity index is 441. The molecule has 0 aliphatic carbocycles. The van der Waals surface area contributed by atoms with Crippen molar-refractivity contribution >= 4 is 23.0 Å². The number of anilines is 1. The van der Waals surface area contributed by atoms with Crippen LogP contribution in [0.15, 0.2) is 24.3 Å². The van der Waals surface area contributed by atoms with Gasteiger partial charge in [0.15, 0.2) is 5.11 Å². The summed E-state index contributed by atoms with van der Waals surface area (Å²) in [6.45, 7) is 7.91. The Morgan fingerprint density at radius 2 is 1.85 bits per heavy atom. The molecule has 1 atom stereocenters. The molecular weight excluding hydrogens is 273 g/mol. The maximum absolute atomic E-state index is 12.9. The van der Waals surface area contributed by atoms with Crippen LogP contribution in [0.5, 0.6) is 0 Å². The van der Waals surface area contributed by atoms with Crippen LogP contribution in [0.4, 0.5) is 10.1 Å². The highest BCUT2D eigenvalue weighted by molar-refractivity contribution is 7.80. The van der Waals surface area contributed by atoms with E-state index in [4.69, 9.17) is 12.2 Å². The van der Waals surface area contributed by atoms with E-state index in [2.05, 4.69) is 29.0 Å². The summed E-state index contributed by atoms with van der Waals surface area (Å²) in [6.07, 6.45) is 1.07. The van der Waals surface area contributed by atoms with Crippen LogP contribution in [0.1, 0.15) is 20.3 Å². The molecule has 0 radical (unpaired) electrons. The minimum Gasteiger partial charge on any atom is -0.368 e. The lowest BCUT2D eigenvalue weighted by Crippen LogP contribution is -2.53. The van der Waals surface area contributed by atoms with Crippen LogP contribution < -0.4 is 10.2 Å². The third kappa shape index (κ3) is 3.82. The first kappa shape index (κ1) is 15.0. The van der Waals surface area contributed by atoms with Crippen LogP contribution in [0.2, 0.25) is 0 Å². The molecule has 3 nitrogen and oxygen atoms in total. The highest BCUT2D eigenvalue weighted by atomic mass is 32.1. The van der Waals surface area contributed by atoms with Gasteiger partial charge in [0.05, 0.1) is 0 Å². The van der Waals surface area contributed by atoms with E-state index in [1.165, 1.54) is 12.1 Å². The SMILES string of the molecule is CC[C@@H](C)NC(=S)N1CCN(c2ccc(F)cc2)CC1. The maximum Gasteiger partial charge on any atom is 0.169 e. The molecule has 1 heterocycles. The predicted molar refractivity (Wildman–Crippen MR) is 85.7 cm³/mol. The number of hydrogen-bond donors (Lipinski definition) is 1. The number of rotatable bonds is 3. The Morgan fingerprint density at radius 3 is 2.40 bits per heavy atom. The molecule has 5 heteroatoms. The molecule has 0 saturated carbocycles. The van der Waals surface area contributed by atoms with Gasteiger partial charge in [-0.2, -0.15) is 0 Å². The normalized spacial score (nSPS) is 16.9. The van der Waals surface area contributed by atoms with Crippen LogP contribution in [0, 0.1) is 5.82 Å². The van der Waals surface area contributed by atoms with Crippen molar-refractivity contribution in [2.45, 2.75) is 26.3 Å². The molecule has 0 bridgehead atoms. The van der Waals surface area contributed by atoms with E-state index in [0.29, 0.717) is 6.04 Å². The first-order valence-electron chi connectivity index (χ1n) is 7.16. The Morgan fingerprint density at radius 1 is 1.25 bits per heavy atom. The number of halogens is 1. The average molecular weight is 295 g/mol. The molecule has 0 unspecified atom stereocenters. The molecule has 1 N–H and O–H groups in total. The molecule has 2 rings (SSSR count). The fraction of sp³-hybridized carbons (Fsp3) is 0.533. The quantitative estimate of drug-likeness (QED) is 0.864. The first-order chi connectivity index (χ1) is 9.60. The summed E-state index contributed by atoms with van der Waals surface area (Å²) in [4.78, 5) is 4.48. The molecule has 0 amide bonds. The molecule has 0 spiro atoms. The van der Waals surface area contributed by atoms with E-state index in [1.54, 1.807) is 0 Å². The number of benzene rings is 1. The predicted octanol–water partition coefficient (Wildman–Crippen LogP) is 2.62. The summed E-state index contributed by atoms with van der Waals surface area (Å²) in [5.74, 6) is -0.189. The standard InChI is InChI=1S/C15H22FN3S/c1-3-12(2)17-15(20)19-10-8-18(9-11-19)14-6-4-13(16)5-7-14/h4-7,12H,3,8-11H2,1-2H3,(H,17,20)/t12-/m1/s1. The summed E-state index contributed by atoms with van der Waals surface area (Å²) in [6, 6.07) is 7.10. The van der Waals surface area contributed by atoms with Gasteiger partial charge in [0.25, 0.3) is 0 Å². The zero-order valence-electron chi connectivity index (χ0n) is 12.1. The molecule has 1 aromatic carbocycles. The van der Waals surface area contributed by atoms with Gasteiger partial charge in [-0.05, 0) is 49.8 Å². The summed E-state index contributed by atoms with van der Waals surface area (Å²) >= 11 is 5.44. The van der Waals surface area contributed by atoms with Crippen molar-refractivity contribution in [2.75, 3.05) is 31.1 Å². The van der Waals surface area contributed by atoms with Crippen molar-refractivity contribution < 1.29 is 4.39 Å². The minimum absolute atomic E-state index is 0.189. The summed E-state index contributed by atoms with van der Waals surface area (Å²) in [5, 5.41) is 4.20. The van der Waals surface area contributed by atoms with Gasteiger partial charge in [-0.15, -0.1) is 0 Å². The van der Waals surface area contributed by atoms with E-state index in [9.17, 15) is 4.39 Å². The van der Waals surface area contributed by atoms with Crippen molar-refractivity contribution in [3.8, 4) is 0 Å². The van der Waals surface area contributed by atoms with Gasteiger partial charge < -0.3 is 15.1 Å². The molecule has 20 heavy (non-hydrogen) atoms. The molecule has 1 saturated heterocycles. The lowest BCUT2D eigenvalue weighted by molar-refractivity contribution is 0.375. The average Bonchev–Trinajstić information content (AvgIpc) is 2.48. The van der Waals surface area contributed by atoms with E-state index < -0.39 is 0 Å². The monoisotopic (exact) mass is 295 g/mol. The van der Waals surface area contributed by atoms with Gasteiger partial charge in [-0.25, -0.2) is 4.39 Å². The molecule has 1 fully saturated rings. The van der Waals surface area contributed by atoms with Gasteiger partial charge in [0, 0.05) is 37.9 Å². The Hall–Kier alpha value is -1.36. The Kier molecular flexibility index (Phi) is 5.17. The topological polar surface area (TPSA) is 18.5 Å². The smallest absolute Gasteiger partial charge is 0.169 e. The fourth-order valence-electron chi connectivity index (χ4n) is 2.22. The van der Waals surface area contributed by atoms with Crippen LogP contribution >= 0.6 is 12.2 Å². The maximum atomic E-state index is 12.9. The summed E-state index contributed by atoms with van der Waals surface area (Å²) in [7, 11) is 0. The molecular formula is C15H22FN3S. The zero-order chi connectivity index (χ0) is 14.5. The number of thiocarbonyl (C=S) groups is 1. The van der Waals surface area contributed by atoms with Gasteiger partial charge in [-0.3, -0.25) is 0 Å². The molecule has 0 aromatic heterocycles. The van der Waals surface area contributed by atoms with E-state index in [-0.39, 0.29) is 5.82 Å². The second-order valence-corrected chi connectivity index (χ2v) is 5.60. The Labute approximate surface area is 125 Å². The second kappa shape index (κ2) is 6.88. The highest BCUT2D eigenvalue weighted by Crippen LogP contribution is 2.17. The van der Waals surface area contributed by atoms with Crippen molar-refractivity contribution in [3.63, 3.8) is 0 Å². The number of hydrogen-bond acceptors (Lipinski definition) is 2. The third-order valence-electron chi connectivity index (χ3n) is 3.74. The number of piperazine rings is 1. The number of nitrogens with one attached hydrogen (secondary N) is 1. The van der Waals surface area contributed by atoms with Crippen molar-refractivity contribution in [1.82, 2.24) is 10.2 Å². The van der Waals surface area contributed by atoms with Crippen molar-refractivity contribution in [2.24, 2.45) is 0 Å². The van der Waals surface area contributed by atoms with Crippen molar-refractivity contribution in [1.29, 1.82) is 0 Å². The van der Waals surface area contributed by atoms with Gasteiger partial charge >= 0.3 is 0 Å². The van der Waals surface area contributed by atoms with E-state index in [1.807, 2.05) is 12.1 Å². The lowest BCUT2D eigenvalue weighted by atomic mass is 10.2. The van der Waals surface area contributed by atoms with Gasteiger partial charge in [0.1, 0.15) is 5.82 Å². The lowest BCUT2D eigenvalue weighted by Gasteiger charge is -2.38. The van der Waals surface area contributed by atoms with Crippen LogP contribution in [0.25, 0.3) is 0 Å². The Balaban J connectivity index is 1.86. The summed E-state index contributed by atoms with van der Waals surface area (Å²) < 4.78 is 12.9. The molecule has 110 valence electrons. The fourth-order valence-corrected chi connectivity index (χ4v) is 2.61. The minimum atomic E-state index is -0.189. The molecule has 1 aliphatic rings. The van der Waals surface area contributed by atoms with Crippen LogP contribution in [0.3, 0.4) is 0 Å². The summed E-state index contributed by atoms with van der Waals surface area (Å²) in [5.41, 5.74) is 1.08. The van der Waals surface area contributed by atoms with E-state index >= 15 is 0 Å². The van der Waals surface area contributed by atoms with Crippen LogP contribution in [-0.4, -0.2) is 42.2 Å². The number of nitrogens with zero attached hydrogens (tertiary/aromatic N) is 2. The third-order valence-corrected chi connectivity index (χ3v) is 4.12. The van der Waals surface area contributed by atoms with Gasteiger partial charge in [-0.1, -0.05) is 6.92 Å².